The Morgan fingerprint density at radius 1 is 1.38 bits per heavy atom. The number of rotatable bonds is 1. The number of ketones is 1. The summed E-state index contributed by atoms with van der Waals surface area (Å²) in [6, 6.07) is 0. The van der Waals surface area contributed by atoms with E-state index in [2.05, 4.69) is 27.4 Å². The van der Waals surface area contributed by atoms with E-state index in [1.807, 2.05) is 0 Å². The third kappa shape index (κ3) is 1.74. The number of Topliss-reactive ketones (excluding diaryl/α,β-unsaturated/α-hetero) is 1. The van der Waals surface area contributed by atoms with Crippen LogP contribution < -0.4 is 0 Å². The van der Waals surface area contributed by atoms with Crippen LogP contribution in [0.2, 0.25) is 0 Å². The first kappa shape index (κ1) is 11.9. The van der Waals surface area contributed by atoms with Crippen LogP contribution in [-0.4, -0.2) is 5.78 Å². The minimum atomic E-state index is 0.266. The molecule has 1 heteroatoms. The van der Waals surface area contributed by atoms with Gasteiger partial charge in [-0.15, -0.1) is 0 Å². The molecule has 0 heterocycles. The Bertz CT molecular complexity index is 315. The molecule has 16 heavy (non-hydrogen) atoms. The zero-order valence-corrected chi connectivity index (χ0v) is 10.9. The Balaban J connectivity index is 2.34. The molecule has 3 atom stereocenters. The summed E-state index contributed by atoms with van der Waals surface area (Å²) in [6.45, 7) is 10.8. The summed E-state index contributed by atoms with van der Waals surface area (Å²) in [5.41, 5.74) is 1.16. The summed E-state index contributed by atoms with van der Waals surface area (Å²) in [7, 11) is 0. The van der Waals surface area contributed by atoms with Gasteiger partial charge in [0.05, 0.1) is 0 Å². The molecule has 0 saturated heterocycles. The van der Waals surface area contributed by atoms with Crippen LogP contribution in [0.5, 0.6) is 0 Å². The lowest BCUT2D eigenvalue weighted by molar-refractivity contribution is -0.123. The van der Waals surface area contributed by atoms with Crippen molar-refractivity contribution in [3.8, 4) is 0 Å². The fourth-order valence-corrected chi connectivity index (χ4v) is 3.89. The average molecular weight is 220 g/mol. The van der Waals surface area contributed by atoms with Gasteiger partial charge < -0.3 is 0 Å². The lowest BCUT2D eigenvalue weighted by Gasteiger charge is -2.32. The van der Waals surface area contributed by atoms with Crippen LogP contribution in [-0.2, 0) is 4.79 Å². The van der Waals surface area contributed by atoms with Crippen molar-refractivity contribution >= 4 is 5.78 Å². The largest absolute Gasteiger partial charge is 0.294 e. The van der Waals surface area contributed by atoms with E-state index in [0.717, 1.165) is 18.4 Å². The molecule has 90 valence electrons. The first-order chi connectivity index (χ1) is 7.46. The minimum absolute atomic E-state index is 0.266. The second-order valence-electron chi connectivity index (χ2n) is 6.40. The van der Waals surface area contributed by atoms with Gasteiger partial charge in [0.1, 0.15) is 0 Å². The molecule has 0 spiro atoms. The number of hydrogen-bond donors (Lipinski definition) is 0. The smallest absolute Gasteiger partial charge is 0.162 e. The summed E-state index contributed by atoms with van der Waals surface area (Å²) >= 11 is 0. The van der Waals surface area contributed by atoms with Gasteiger partial charge in [0.15, 0.2) is 5.78 Å². The fraction of sp³-hybridized carbons (Fsp3) is 0.800. The lowest BCUT2D eigenvalue weighted by atomic mass is 9.70. The summed E-state index contributed by atoms with van der Waals surface area (Å²) < 4.78 is 0. The Morgan fingerprint density at radius 3 is 2.69 bits per heavy atom. The van der Waals surface area contributed by atoms with E-state index in [1.54, 1.807) is 0 Å². The normalized spacial score (nSPS) is 40.0. The molecular formula is C15H24O. The molecular weight excluding hydrogens is 196 g/mol. The van der Waals surface area contributed by atoms with E-state index >= 15 is 0 Å². The highest BCUT2D eigenvalue weighted by Gasteiger charge is 2.50. The SMILES string of the molecule is C=C1CCC[C@]2(C)CC[C@H](C(C)C)[C@@H]2C1=O. The maximum Gasteiger partial charge on any atom is 0.162 e. The lowest BCUT2D eigenvalue weighted by Crippen LogP contribution is -2.33. The molecule has 0 bridgehead atoms. The van der Waals surface area contributed by atoms with Crippen molar-refractivity contribution in [2.24, 2.45) is 23.2 Å². The molecule has 2 fully saturated rings. The maximum atomic E-state index is 12.4. The van der Waals surface area contributed by atoms with Gasteiger partial charge in [0.25, 0.3) is 0 Å². The molecule has 2 aliphatic rings. The van der Waals surface area contributed by atoms with Crippen molar-refractivity contribution in [3.63, 3.8) is 0 Å². The quantitative estimate of drug-likeness (QED) is 0.611. The van der Waals surface area contributed by atoms with Crippen molar-refractivity contribution in [2.75, 3.05) is 0 Å². The number of allylic oxidation sites excluding steroid dienone is 1. The Labute approximate surface area is 99.3 Å². The van der Waals surface area contributed by atoms with Crippen LogP contribution in [0.4, 0.5) is 0 Å². The molecule has 0 aromatic heterocycles. The second kappa shape index (κ2) is 4.01. The van der Waals surface area contributed by atoms with Crippen LogP contribution in [0, 0.1) is 23.2 Å². The Hall–Kier alpha value is -0.590. The fourth-order valence-electron chi connectivity index (χ4n) is 3.89. The molecule has 0 aliphatic heterocycles. The van der Waals surface area contributed by atoms with Crippen molar-refractivity contribution in [3.05, 3.63) is 12.2 Å². The molecule has 0 radical (unpaired) electrons. The molecule has 0 aromatic rings. The monoisotopic (exact) mass is 220 g/mol. The molecule has 0 unspecified atom stereocenters. The van der Waals surface area contributed by atoms with Gasteiger partial charge in [-0.05, 0) is 54.9 Å². The maximum absolute atomic E-state index is 12.4. The Morgan fingerprint density at radius 2 is 2.06 bits per heavy atom. The van der Waals surface area contributed by atoms with Crippen LogP contribution in [0.15, 0.2) is 12.2 Å². The third-order valence-corrected chi connectivity index (χ3v) is 4.94. The highest BCUT2D eigenvalue weighted by Crippen LogP contribution is 2.54. The molecule has 2 saturated carbocycles. The summed E-state index contributed by atoms with van der Waals surface area (Å²) in [5.74, 6) is 1.87. The van der Waals surface area contributed by atoms with Gasteiger partial charge in [-0.1, -0.05) is 27.4 Å². The van der Waals surface area contributed by atoms with Crippen LogP contribution in [0.1, 0.15) is 52.9 Å². The van der Waals surface area contributed by atoms with Gasteiger partial charge >= 0.3 is 0 Å². The van der Waals surface area contributed by atoms with E-state index in [-0.39, 0.29) is 11.3 Å². The topological polar surface area (TPSA) is 17.1 Å². The molecule has 1 nitrogen and oxygen atoms in total. The summed E-state index contributed by atoms with van der Waals surface area (Å²) in [4.78, 5) is 12.4. The predicted molar refractivity (Wildman–Crippen MR) is 67.2 cm³/mol. The van der Waals surface area contributed by atoms with E-state index in [9.17, 15) is 4.79 Å². The van der Waals surface area contributed by atoms with Gasteiger partial charge in [-0.25, -0.2) is 0 Å². The summed E-state index contributed by atoms with van der Waals surface area (Å²) in [6.07, 6.45) is 5.77. The molecule has 0 amide bonds. The van der Waals surface area contributed by atoms with Crippen LogP contribution >= 0.6 is 0 Å². The van der Waals surface area contributed by atoms with Gasteiger partial charge in [-0.2, -0.15) is 0 Å². The zero-order chi connectivity index (χ0) is 11.9. The third-order valence-electron chi connectivity index (χ3n) is 4.94. The van der Waals surface area contributed by atoms with E-state index < -0.39 is 0 Å². The highest BCUT2D eigenvalue weighted by molar-refractivity contribution is 5.97. The highest BCUT2D eigenvalue weighted by atomic mass is 16.1. The minimum Gasteiger partial charge on any atom is -0.294 e. The van der Waals surface area contributed by atoms with Crippen molar-refractivity contribution in [1.29, 1.82) is 0 Å². The standard InChI is InChI=1S/C15H24O/c1-10(2)12-7-9-15(4)8-5-6-11(3)14(16)13(12)15/h10,12-13H,3,5-9H2,1-2,4H3/t12-,13-,15-/m1/s1. The van der Waals surface area contributed by atoms with E-state index in [0.29, 0.717) is 17.6 Å². The van der Waals surface area contributed by atoms with Crippen molar-refractivity contribution < 1.29 is 4.79 Å². The van der Waals surface area contributed by atoms with Gasteiger partial charge in [-0.3, -0.25) is 4.79 Å². The zero-order valence-electron chi connectivity index (χ0n) is 10.9. The number of fused-ring (bicyclic) bond motifs is 1. The number of carbonyl (C=O) groups is 1. The van der Waals surface area contributed by atoms with Crippen molar-refractivity contribution in [1.82, 2.24) is 0 Å². The van der Waals surface area contributed by atoms with E-state index in [4.69, 9.17) is 0 Å². The van der Waals surface area contributed by atoms with Gasteiger partial charge in [0.2, 0.25) is 0 Å². The average Bonchev–Trinajstić information content (AvgIpc) is 2.50. The van der Waals surface area contributed by atoms with E-state index in [1.165, 1.54) is 19.3 Å². The van der Waals surface area contributed by atoms with Crippen LogP contribution in [0.3, 0.4) is 0 Å². The number of carbonyl (C=O) groups excluding carboxylic acids is 1. The predicted octanol–water partition coefficient (Wildman–Crippen LogP) is 3.98. The molecule has 2 rings (SSSR count). The molecule has 0 N–H and O–H groups in total. The first-order valence-electron chi connectivity index (χ1n) is 6.68. The summed E-state index contributed by atoms with van der Waals surface area (Å²) in [5, 5.41) is 0. The van der Waals surface area contributed by atoms with Gasteiger partial charge in [0, 0.05) is 5.92 Å². The molecule has 2 aliphatic carbocycles. The molecule has 0 aromatic carbocycles. The van der Waals surface area contributed by atoms with Crippen molar-refractivity contribution in [2.45, 2.75) is 52.9 Å². The second-order valence-corrected chi connectivity index (χ2v) is 6.40. The number of hydrogen-bond acceptors (Lipinski definition) is 1. The van der Waals surface area contributed by atoms with Crippen LogP contribution in [0.25, 0.3) is 0 Å². The first-order valence-corrected chi connectivity index (χ1v) is 6.68. The Kier molecular flexibility index (Phi) is 2.98.